The lowest BCUT2D eigenvalue weighted by Crippen LogP contribution is -2.05. The van der Waals surface area contributed by atoms with Crippen LogP contribution < -0.4 is 0 Å². The summed E-state index contributed by atoms with van der Waals surface area (Å²) >= 11 is 0. The Labute approximate surface area is 71.4 Å². The number of fused-ring (bicyclic) bond motifs is 1. The number of nitrogens with one attached hydrogen (secondary N) is 1. The van der Waals surface area contributed by atoms with Crippen LogP contribution >= 0.6 is 0 Å². The van der Waals surface area contributed by atoms with Gasteiger partial charge in [-0.3, -0.25) is 4.98 Å². The van der Waals surface area contributed by atoms with Gasteiger partial charge in [0.1, 0.15) is 0 Å². The van der Waals surface area contributed by atoms with E-state index >= 15 is 0 Å². The van der Waals surface area contributed by atoms with E-state index in [1.165, 1.54) is 12.3 Å². The van der Waals surface area contributed by atoms with Crippen molar-refractivity contribution in [1.82, 2.24) is 9.97 Å². The Morgan fingerprint density at radius 1 is 1.23 bits per heavy atom. The molecule has 0 saturated heterocycles. The van der Waals surface area contributed by atoms with Gasteiger partial charge in [-0.15, -0.1) is 0 Å². The second-order valence-electron chi connectivity index (χ2n) is 2.59. The number of aromatic nitrogens is 2. The molecule has 68 valence electrons. The lowest BCUT2D eigenvalue weighted by Gasteiger charge is -2.06. The molecule has 0 amide bonds. The first kappa shape index (κ1) is 8.10. The number of hydrogen-bond acceptors (Lipinski definition) is 1. The van der Waals surface area contributed by atoms with Gasteiger partial charge in [-0.1, -0.05) is 0 Å². The van der Waals surface area contributed by atoms with E-state index < -0.39 is 11.7 Å². The van der Waals surface area contributed by atoms with Crippen LogP contribution in [0.4, 0.5) is 13.2 Å². The zero-order chi connectivity index (χ0) is 9.47. The molecule has 0 bridgehead atoms. The zero-order valence-corrected chi connectivity index (χ0v) is 6.39. The summed E-state index contributed by atoms with van der Waals surface area (Å²) in [6, 6.07) is 2.46. The van der Waals surface area contributed by atoms with Crippen molar-refractivity contribution in [2.45, 2.75) is 6.18 Å². The van der Waals surface area contributed by atoms with Crippen molar-refractivity contribution in [3.05, 3.63) is 30.1 Å². The summed E-state index contributed by atoms with van der Waals surface area (Å²) in [6.45, 7) is 0. The molecule has 0 saturated carbocycles. The molecule has 2 nitrogen and oxygen atoms in total. The first-order chi connectivity index (χ1) is 6.09. The van der Waals surface area contributed by atoms with Crippen LogP contribution in [0.2, 0.25) is 0 Å². The zero-order valence-electron chi connectivity index (χ0n) is 6.39. The standard InChI is InChI=1S/C8H5F3N2/c9-8(10,11)5-1-3-12-6-2-4-13-7(5)6/h1-4,13H. The maximum absolute atomic E-state index is 12.3. The third-order valence-corrected chi connectivity index (χ3v) is 1.75. The number of halogens is 3. The number of aromatic amines is 1. The van der Waals surface area contributed by atoms with Gasteiger partial charge in [0.15, 0.2) is 0 Å². The molecule has 0 aromatic carbocycles. The Morgan fingerprint density at radius 2 is 2.00 bits per heavy atom. The molecule has 1 N–H and O–H groups in total. The van der Waals surface area contributed by atoms with Crippen LogP contribution in [0, 0.1) is 0 Å². The molecule has 5 heteroatoms. The Morgan fingerprint density at radius 3 is 2.69 bits per heavy atom. The van der Waals surface area contributed by atoms with E-state index in [0.717, 1.165) is 12.3 Å². The second-order valence-corrected chi connectivity index (χ2v) is 2.59. The van der Waals surface area contributed by atoms with E-state index in [1.54, 1.807) is 0 Å². The SMILES string of the molecule is FC(F)(F)c1ccnc2cc[nH]c12. The minimum absolute atomic E-state index is 0.0370. The maximum atomic E-state index is 12.3. The summed E-state index contributed by atoms with van der Waals surface area (Å²) in [4.78, 5) is 6.30. The minimum Gasteiger partial charge on any atom is -0.359 e. The number of H-pyrrole nitrogens is 1. The monoisotopic (exact) mass is 186 g/mol. The summed E-state index contributed by atoms with van der Waals surface area (Å²) in [7, 11) is 0. The number of pyridine rings is 1. The Kier molecular flexibility index (Phi) is 1.55. The van der Waals surface area contributed by atoms with Gasteiger partial charge in [-0.2, -0.15) is 13.2 Å². The van der Waals surface area contributed by atoms with Crippen LogP contribution in [-0.4, -0.2) is 9.97 Å². The molecule has 0 atom stereocenters. The van der Waals surface area contributed by atoms with Crippen LogP contribution in [0.15, 0.2) is 24.5 Å². The van der Waals surface area contributed by atoms with E-state index in [9.17, 15) is 13.2 Å². The van der Waals surface area contributed by atoms with Crippen LogP contribution in [-0.2, 0) is 6.18 Å². The predicted octanol–water partition coefficient (Wildman–Crippen LogP) is 2.58. The third-order valence-electron chi connectivity index (χ3n) is 1.75. The van der Waals surface area contributed by atoms with Gasteiger partial charge < -0.3 is 4.98 Å². The molecule has 0 aliphatic rings. The van der Waals surface area contributed by atoms with Crippen molar-refractivity contribution in [1.29, 1.82) is 0 Å². The molecule has 13 heavy (non-hydrogen) atoms. The number of hydrogen-bond donors (Lipinski definition) is 1. The molecule has 0 unspecified atom stereocenters. The van der Waals surface area contributed by atoms with Gasteiger partial charge in [0.2, 0.25) is 0 Å². The summed E-state index contributed by atoms with van der Waals surface area (Å²) in [5, 5.41) is 0. The quantitative estimate of drug-likeness (QED) is 0.673. The van der Waals surface area contributed by atoms with Gasteiger partial charge in [-0.25, -0.2) is 0 Å². The fraction of sp³-hybridized carbons (Fsp3) is 0.125. The maximum Gasteiger partial charge on any atom is 0.418 e. The average molecular weight is 186 g/mol. The molecule has 0 spiro atoms. The fourth-order valence-corrected chi connectivity index (χ4v) is 1.20. The largest absolute Gasteiger partial charge is 0.418 e. The Balaban J connectivity index is 2.75. The third kappa shape index (κ3) is 1.26. The predicted molar refractivity (Wildman–Crippen MR) is 41.1 cm³/mol. The molecule has 2 aromatic heterocycles. The second kappa shape index (κ2) is 2.48. The van der Waals surface area contributed by atoms with Crippen molar-refractivity contribution in [2.24, 2.45) is 0 Å². The molecule has 0 aliphatic carbocycles. The minimum atomic E-state index is -4.33. The summed E-state index contributed by atoms with van der Waals surface area (Å²) in [5.74, 6) is 0. The number of nitrogens with zero attached hydrogens (tertiary/aromatic N) is 1. The highest BCUT2D eigenvalue weighted by Crippen LogP contribution is 2.32. The van der Waals surface area contributed by atoms with Crippen LogP contribution in [0.1, 0.15) is 5.56 Å². The van der Waals surface area contributed by atoms with Crippen molar-refractivity contribution >= 4 is 11.0 Å². The molecular formula is C8H5F3N2. The van der Waals surface area contributed by atoms with Crippen molar-refractivity contribution in [3.63, 3.8) is 0 Å². The van der Waals surface area contributed by atoms with Crippen molar-refractivity contribution in [3.8, 4) is 0 Å². The van der Waals surface area contributed by atoms with E-state index in [1.807, 2.05) is 0 Å². The van der Waals surface area contributed by atoms with E-state index in [2.05, 4.69) is 9.97 Å². The highest BCUT2D eigenvalue weighted by molar-refractivity contribution is 5.78. The van der Waals surface area contributed by atoms with Gasteiger partial charge in [0.05, 0.1) is 16.6 Å². The Bertz CT molecular complexity index is 430. The highest BCUT2D eigenvalue weighted by atomic mass is 19.4. The van der Waals surface area contributed by atoms with Crippen LogP contribution in [0.3, 0.4) is 0 Å². The van der Waals surface area contributed by atoms with Crippen LogP contribution in [0.25, 0.3) is 11.0 Å². The highest BCUT2D eigenvalue weighted by Gasteiger charge is 2.33. The van der Waals surface area contributed by atoms with E-state index in [-0.39, 0.29) is 5.52 Å². The number of alkyl halides is 3. The van der Waals surface area contributed by atoms with Gasteiger partial charge >= 0.3 is 6.18 Å². The fourth-order valence-electron chi connectivity index (χ4n) is 1.20. The molecule has 0 radical (unpaired) electrons. The molecule has 0 fully saturated rings. The normalized spacial score (nSPS) is 12.2. The molecule has 2 aromatic rings. The number of rotatable bonds is 0. The van der Waals surface area contributed by atoms with E-state index in [0.29, 0.717) is 5.52 Å². The lowest BCUT2D eigenvalue weighted by molar-refractivity contribution is -0.136. The first-order valence-electron chi connectivity index (χ1n) is 3.58. The summed E-state index contributed by atoms with van der Waals surface area (Å²) in [6.07, 6.45) is -1.74. The molecule has 2 heterocycles. The lowest BCUT2D eigenvalue weighted by atomic mass is 10.2. The average Bonchev–Trinajstić information content (AvgIpc) is 2.48. The topological polar surface area (TPSA) is 28.7 Å². The van der Waals surface area contributed by atoms with Gasteiger partial charge in [0.25, 0.3) is 0 Å². The first-order valence-corrected chi connectivity index (χ1v) is 3.58. The van der Waals surface area contributed by atoms with Crippen molar-refractivity contribution < 1.29 is 13.2 Å². The molecule has 0 aliphatic heterocycles. The molecule has 2 rings (SSSR count). The van der Waals surface area contributed by atoms with Gasteiger partial charge in [0, 0.05) is 12.4 Å². The van der Waals surface area contributed by atoms with Crippen LogP contribution in [0.5, 0.6) is 0 Å². The summed E-state index contributed by atoms with van der Waals surface area (Å²) < 4.78 is 37.0. The van der Waals surface area contributed by atoms with Crippen molar-refractivity contribution in [2.75, 3.05) is 0 Å². The smallest absolute Gasteiger partial charge is 0.359 e. The molecular weight excluding hydrogens is 181 g/mol. The summed E-state index contributed by atoms with van der Waals surface area (Å²) in [5.41, 5.74) is -0.313. The van der Waals surface area contributed by atoms with E-state index in [4.69, 9.17) is 0 Å². The Hall–Kier alpha value is -1.52. The van der Waals surface area contributed by atoms with Gasteiger partial charge in [-0.05, 0) is 12.1 Å².